The van der Waals surface area contributed by atoms with E-state index in [2.05, 4.69) is 80.7 Å². The molecule has 1 fully saturated rings. The Labute approximate surface area is 235 Å². The monoisotopic (exact) mass is 535 g/mol. The molecule has 40 heavy (non-hydrogen) atoms. The van der Waals surface area contributed by atoms with Gasteiger partial charge in [0, 0.05) is 52.5 Å². The lowest BCUT2D eigenvalue weighted by atomic mass is 9.96. The normalized spacial score (nSPS) is 14.9. The molecule has 0 unspecified atom stereocenters. The summed E-state index contributed by atoms with van der Waals surface area (Å²) in [6.45, 7) is 7.52. The van der Waals surface area contributed by atoms with Crippen molar-refractivity contribution in [2.24, 2.45) is 0 Å². The smallest absolute Gasteiger partial charge is 0.262 e. The lowest BCUT2D eigenvalue weighted by Gasteiger charge is -2.39. The molecule has 5 aromatic rings. The van der Waals surface area contributed by atoms with Gasteiger partial charge in [-0.05, 0) is 49.2 Å². The molecule has 0 atom stereocenters. The second kappa shape index (κ2) is 11.2. The molecule has 1 saturated heterocycles. The van der Waals surface area contributed by atoms with E-state index in [0.717, 1.165) is 56.2 Å². The molecule has 8 nitrogen and oxygen atoms in total. The van der Waals surface area contributed by atoms with E-state index in [1.54, 1.807) is 4.57 Å². The van der Waals surface area contributed by atoms with E-state index in [1.165, 1.54) is 11.1 Å². The van der Waals surface area contributed by atoms with Crippen molar-refractivity contribution in [1.82, 2.24) is 29.0 Å². The van der Waals surface area contributed by atoms with Crippen LogP contribution in [0.25, 0.3) is 16.7 Å². The number of rotatable bonds is 8. The van der Waals surface area contributed by atoms with Gasteiger partial charge in [0.2, 0.25) is 5.78 Å². The van der Waals surface area contributed by atoms with Gasteiger partial charge >= 0.3 is 0 Å². The molecule has 1 aliphatic rings. The van der Waals surface area contributed by atoms with Crippen LogP contribution in [0.4, 0.5) is 5.69 Å². The number of piperazine rings is 1. The quantitative estimate of drug-likeness (QED) is 0.297. The zero-order valence-corrected chi connectivity index (χ0v) is 23.6. The third kappa shape index (κ3) is 5.00. The molecule has 0 amide bonds. The molecular weight excluding hydrogens is 498 g/mol. The minimum Gasteiger partial charge on any atom is -0.378 e. The highest BCUT2D eigenvalue weighted by molar-refractivity contribution is 5.84. The van der Waals surface area contributed by atoms with Crippen molar-refractivity contribution in [2.75, 3.05) is 51.7 Å². The van der Waals surface area contributed by atoms with Crippen molar-refractivity contribution in [3.63, 3.8) is 0 Å². The maximum absolute atomic E-state index is 13.6. The van der Waals surface area contributed by atoms with E-state index in [9.17, 15) is 4.79 Å². The lowest BCUT2D eigenvalue weighted by Crippen LogP contribution is -2.48. The van der Waals surface area contributed by atoms with E-state index in [1.807, 2.05) is 48.5 Å². The Kier molecular flexibility index (Phi) is 7.36. The number of fused-ring (bicyclic) bond motifs is 3. The molecule has 2 aromatic heterocycles. The topological polar surface area (TPSA) is 61.9 Å². The average Bonchev–Trinajstić information content (AvgIpc) is 3.37. The van der Waals surface area contributed by atoms with Crippen LogP contribution in [0, 0.1) is 6.92 Å². The summed E-state index contributed by atoms with van der Waals surface area (Å²) in [6.07, 6.45) is 0.876. The van der Waals surface area contributed by atoms with Gasteiger partial charge in [0.25, 0.3) is 5.56 Å². The van der Waals surface area contributed by atoms with Crippen molar-refractivity contribution < 1.29 is 0 Å². The lowest BCUT2D eigenvalue weighted by molar-refractivity contribution is 0.108. The molecular formula is C32H37N7O. The molecule has 0 saturated carbocycles. The molecule has 0 N–H and O–H groups in total. The highest BCUT2D eigenvalue weighted by Gasteiger charge is 2.26. The van der Waals surface area contributed by atoms with E-state index in [4.69, 9.17) is 0 Å². The van der Waals surface area contributed by atoms with E-state index in [0.29, 0.717) is 17.7 Å². The minimum atomic E-state index is -0.00279. The minimum absolute atomic E-state index is 0.00279. The van der Waals surface area contributed by atoms with Gasteiger partial charge in [-0.25, -0.2) is 0 Å². The summed E-state index contributed by atoms with van der Waals surface area (Å²) >= 11 is 0. The highest BCUT2D eigenvalue weighted by Crippen LogP contribution is 2.29. The summed E-state index contributed by atoms with van der Waals surface area (Å²) in [4.78, 5) is 20.8. The first kappa shape index (κ1) is 26.2. The fourth-order valence-electron chi connectivity index (χ4n) is 6.00. The molecule has 0 spiro atoms. The second-order valence-electron chi connectivity index (χ2n) is 10.9. The highest BCUT2D eigenvalue weighted by atomic mass is 16.1. The predicted octanol–water partition coefficient (Wildman–Crippen LogP) is 4.22. The van der Waals surface area contributed by atoms with Crippen molar-refractivity contribution in [3.05, 3.63) is 106 Å². The van der Waals surface area contributed by atoms with Crippen LogP contribution in [-0.4, -0.2) is 75.8 Å². The fraction of sp³-hybridized carbons (Fsp3) is 0.344. The van der Waals surface area contributed by atoms with Crippen LogP contribution in [0.2, 0.25) is 0 Å². The maximum Gasteiger partial charge on any atom is 0.262 e. The zero-order chi connectivity index (χ0) is 27.6. The van der Waals surface area contributed by atoms with Crippen molar-refractivity contribution in [1.29, 1.82) is 0 Å². The third-order valence-corrected chi connectivity index (χ3v) is 8.12. The predicted molar refractivity (Wildman–Crippen MR) is 161 cm³/mol. The van der Waals surface area contributed by atoms with E-state index in [-0.39, 0.29) is 11.6 Å². The van der Waals surface area contributed by atoms with Crippen LogP contribution in [-0.2, 0) is 6.54 Å². The van der Waals surface area contributed by atoms with Gasteiger partial charge in [-0.1, -0.05) is 60.7 Å². The molecule has 206 valence electrons. The standard InChI is InChI=1S/C32H37N7O/c1-24-33-34-32-38(31(40)28-23-27(35(2)3)15-16-29(28)39(24)32)18-10-17-36-19-21-37(22-20-36)30(25-11-6-4-7-12-25)26-13-8-5-9-14-26/h4-9,11-16,23,30H,10,17-22H2,1-3H3. The van der Waals surface area contributed by atoms with Gasteiger partial charge < -0.3 is 9.80 Å². The van der Waals surface area contributed by atoms with Gasteiger partial charge in [-0.3, -0.25) is 18.7 Å². The number of aromatic nitrogens is 4. The Morgan fingerprint density at radius 1 is 0.825 bits per heavy atom. The second-order valence-corrected chi connectivity index (χ2v) is 10.9. The first-order chi connectivity index (χ1) is 19.5. The molecule has 0 bridgehead atoms. The summed E-state index contributed by atoms with van der Waals surface area (Å²) in [5.41, 5.74) is 4.53. The first-order valence-electron chi connectivity index (χ1n) is 14.1. The molecule has 6 rings (SSSR count). The van der Waals surface area contributed by atoms with Gasteiger partial charge in [0.15, 0.2) is 0 Å². The van der Waals surface area contributed by atoms with Crippen LogP contribution in [0.15, 0.2) is 83.7 Å². The zero-order valence-electron chi connectivity index (χ0n) is 23.6. The van der Waals surface area contributed by atoms with Gasteiger partial charge in [0.1, 0.15) is 5.82 Å². The van der Waals surface area contributed by atoms with Crippen molar-refractivity contribution in [3.8, 4) is 0 Å². The number of benzene rings is 3. The molecule has 1 aliphatic heterocycles. The van der Waals surface area contributed by atoms with Crippen LogP contribution in [0.5, 0.6) is 0 Å². The van der Waals surface area contributed by atoms with Crippen LogP contribution in [0.3, 0.4) is 0 Å². The summed E-state index contributed by atoms with van der Waals surface area (Å²) in [7, 11) is 3.98. The Balaban J connectivity index is 1.16. The molecule has 3 heterocycles. The van der Waals surface area contributed by atoms with E-state index < -0.39 is 0 Å². The first-order valence-corrected chi connectivity index (χ1v) is 14.1. The molecule has 0 aliphatic carbocycles. The average molecular weight is 536 g/mol. The Hall–Kier alpha value is -4.01. The molecule has 8 heteroatoms. The number of nitrogens with zero attached hydrogens (tertiary/aromatic N) is 7. The number of anilines is 1. The van der Waals surface area contributed by atoms with Crippen molar-refractivity contribution in [2.45, 2.75) is 25.9 Å². The summed E-state index contributed by atoms with van der Waals surface area (Å²) in [5.74, 6) is 1.40. The summed E-state index contributed by atoms with van der Waals surface area (Å²) in [6, 6.07) is 27.9. The fourth-order valence-corrected chi connectivity index (χ4v) is 6.00. The maximum atomic E-state index is 13.6. The summed E-state index contributed by atoms with van der Waals surface area (Å²) in [5, 5.41) is 9.39. The van der Waals surface area contributed by atoms with Crippen molar-refractivity contribution >= 4 is 22.4 Å². The van der Waals surface area contributed by atoms with Gasteiger partial charge in [-0.2, -0.15) is 0 Å². The molecule has 3 aromatic carbocycles. The largest absolute Gasteiger partial charge is 0.378 e. The molecule has 0 radical (unpaired) electrons. The Morgan fingerprint density at radius 2 is 1.48 bits per heavy atom. The number of hydrogen-bond acceptors (Lipinski definition) is 6. The number of aryl methyl sites for hydroxylation is 2. The van der Waals surface area contributed by atoms with Crippen LogP contribution < -0.4 is 10.5 Å². The Bertz CT molecular complexity index is 1610. The third-order valence-electron chi connectivity index (χ3n) is 8.12. The van der Waals surface area contributed by atoms with E-state index >= 15 is 0 Å². The Morgan fingerprint density at radius 3 is 2.10 bits per heavy atom. The SMILES string of the molecule is Cc1nnc2n(CCCN3CCN(C(c4ccccc4)c4ccccc4)CC3)c(=O)c3cc(N(C)C)ccc3n12. The van der Waals surface area contributed by atoms with Gasteiger partial charge in [-0.15, -0.1) is 10.2 Å². The van der Waals surface area contributed by atoms with Crippen LogP contribution in [0.1, 0.15) is 29.4 Å². The van der Waals surface area contributed by atoms with Gasteiger partial charge in [0.05, 0.1) is 16.9 Å². The van der Waals surface area contributed by atoms with Crippen LogP contribution >= 0.6 is 0 Å². The number of hydrogen-bond donors (Lipinski definition) is 0. The summed E-state index contributed by atoms with van der Waals surface area (Å²) < 4.78 is 3.81.